The molecule has 0 aliphatic heterocycles. The Morgan fingerprint density at radius 2 is 2.15 bits per heavy atom. The molecule has 0 amide bonds. The number of aromatic nitrogens is 4. The maximum atomic E-state index is 9.40. The van der Waals surface area contributed by atoms with Crippen molar-refractivity contribution >= 4 is 23.4 Å². The van der Waals surface area contributed by atoms with Crippen molar-refractivity contribution in [2.45, 2.75) is 48.4 Å². The van der Waals surface area contributed by atoms with Crippen molar-refractivity contribution in [3.8, 4) is 0 Å². The van der Waals surface area contributed by atoms with Crippen molar-refractivity contribution in [2.24, 2.45) is 0 Å². The Morgan fingerprint density at radius 3 is 2.90 bits per heavy atom. The second-order valence-corrected chi connectivity index (χ2v) is 6.30. The third-order valence-corrected chi connectivity index (χ3v) is 4.82. The lowest BCUT2D eigenvalue weighted by atomic mass is 10.2. The lowest BCUT2D eigenvalue weighted by Gasteiger charge is -2.12. The lowest BCUT2D eigenvalue weighted by molar-refractivity contribution is 0.279. The molecule has 106 valence electrons. The van der Waals surface area contributed by atoms with Crippen molar-refractivity contribution in [3.63, 3.8) is 0 Å². The summed E-state index contributed by atoms with van der Waals surface area (Å²) in [7, 11) is 0. The fraction of sp³-hybridized carbons (Fsp3) is 0.462. The maximum absolute atomic E-state index is 9.40. The first kappa shape index (κ1) is 13.9. The zero-order valence-electron chi connectivity index (χ0n) is 10.9. The summed E-state index contributed by atoms with van der Waals surface area (Å²) in [6.45, 7) is -0.0233. The highest BCUT2D eigenvalue weighted by Gasteiger charge is 2.22. The minimum atomic E-state index is -0.0233. The Bertz CT molecular complexity index is 598. The summed E-state index contributed by atoms with van der Waals surface area (Å²) >= 11 is 7.48. The molecule has 0 spiro atoms. The molecule has 3 rings (SSSR count). The summed E-state index contributed by atoms with van der Waals surface area (Å²) in [6, 6.07) is 5.83. The summed E-state index contributed by atoms with van der Waals surface area (Å²) in [5.74, 6) is 0. The van der Waals surface area contributed by atoms with Crippen LogP contribution in [0.1, 0.15) is 37.3 Å². The number of benzene rings is 1. The van der Waals surface area contributed by atoms with E-state index >= 15 is 0 Å². The molecule has 1 fully saturated rings. The molecule has 1 saturated carbocycles. The van der Waals surface area contributed by atoms with Gasteiger partial charge in [-0.15, -0.1) is 5.10 Å². The quantitative estimate of drug-likeness (QED) is 0.940. The van der Waals surface area contributed by atoms with E-state index in [1.807, 2.05) is 16.8 Å². The Kier molecular flexibility index (Phi) is 4.24. The van der Waals surface area contributed by atoms with Crippen molar-refractivity contribution in [3.05, 3.63) is 28.8 Å². The Labute approximate surface area is 126 Å². The molecule has 0 unspecified atom stereocenters. The van der Waals surface area contributed by atoms with Gasteiger partial charge in [-0.25, -0.2) is 4.68 Å². The summed E-state index contributed by atoms with van der Waals surface area (Å²) in [6.07, 6.45) is 4.71. The van der Waals surface area contributed by atoms with E-state index in [0.717, 1.165) is 28.5 Å². The Balaban J connectivity index is 1.88. The minimum absolute atomic E-state index is 0.0233. The van der Waals surface area contributed by atoms with Gasteiger partial charge in [0.25, 0.3) is 0 Å². The predicted molar refractivity (Wildman–Crippen MR) is 76.8 cm³/mol. The fourth-order valence-corrected chi connectivity index (χ4v) is 3.72. The number of tetrazole rings is 1. The first-order chi connectivity index (χ1) is 9.78. The van der Waals surface area contributed by atoms with Crippen LogP contribution >= 0.6 is 23.4 Å². The van der Waals surface area contributed by atoms with Crippen LogP contribution in [0.2, 0.25) is 5.02 Å². The van der Waals surface area contributed by atoms with Gasteiger partial charge in [0, 0.05) is 9.92 Å². The Morgan fingerprint density at radius 1 is 1.35 bits per heavy atom. The molecule has 1 N–H and O–H groups in total. The third kappa shape index (κ3) is 2.82. The van der Waals surface area contributed by atoms with E-state index in [-0.39, 0.29) is 6.61 Å². The van der Waals surface area contributed by atoms with E-state index < -0.39 is 0 Å². The van der Waals surface area contributed by atoms with Gasteiger partial charge in [-0.2, -0.15) is 0 Å². The molecule has 1 heterocycles. The number of hydrogen-bond donors (Lipinski definition) is 1. The molecule has 1 aliphatic carbocycles. The van der Waals surface area contributed by atoms with Crippen LogP contribution in [0.15, 0.2) is 28.3 Å². The summed E-state index contributed by atoms with van der Waals surface area (Å²) < 4.78 is 1.90. The van der Waals surface area contributed by atoms with Crippen LogP contribution in [-0.2, 0) is 6.61 Å². The van der Waals surface area contributed by atoms with E-state index in [1.54, 1.807) is 6.07 Å². The fourth-order valence-electron chi connectivity index (χ4n) is 2.48. The van der Waals surface area contributed by atoms with Crippen molar-refractivity contribution < 1.29 is 5.11 Å². The van der Waals surface area contributed by atoms with E-state index in [2.05, 4.69) is 15.5 Å². The number of aliphatic hydroxyl groups excluding tert-OH is 1. The van der Waals surface area contributed by atoms with Crippen LogP contribution in [0.5, 0.6) is 0 Å². The predicted octanol–water partition coefficient (Wildman–Crippen LogP) is 3.09. The highest BCUT2D eigenvalue weighted by molar-refractivity contribution is 7.99. The van der Waals surface area contributed by atoms with Gasteiger partial charge in [0.15, 0.2) is 0 Å². The van der Waals surface area contributed by atoms with E-state index in [1.165, 1.54) is 24.6 Å². The average Bonchev–Trinajstić information content (AvgIpc) is 3.09. The van der Waals surface area contributed by atoms with Crippen LogP contribution in [0.4, 0.5) is 0 Å². The van der Waals surface area contributed by atoms with Gasteiger partial charge in [-0.05, 0) is 52.7 Å². The zero-order valence-corrected chi connectivity index (χ0v) is 12.4. The first-order valence-electron chi connectivity index (χ1n) is 6.63. The van der Waals surface area contributed by atoms with Crippen LogP contribution in [0, 0.1) is 0 Å². The van der Waals surface area contributed by atoms with Crippen LogP contribution in [0.25, 0.3) is 0 Å². The van der Waals surface area contributed by atoms with Crippen LogP contribution in [0.3, 0.4) is 0 Å². The largest absolute Gasteiger partial charge is 0.392 e. The molecular weight excluding hydrogens is 296 g/mol. The van der Waals surface area contributed by atoms with Gasteiger partial charge >= 0.3 is 0 Å². The number of aliphatic hydroxyl groups is 1. The van der Waals surface area contributed by atoms with Gasteiger partial charge in [0.2, 0.25) is 5.16 Å². The SMILES string of the molecule is OCc1ccc(Cl)cc1Sc1nnnn1C1CCCC1. The standard InChI is InChI=1S/C13H15ClN4OS/c14-10-6-5-9(8-19)12(7-10)20-13-15-16-17-18(13)11-3-1-2-4-11/h5-7,11,19H,1-4,8H2. The van der Waals surface area contributed by atoms with Gasteiger partial charge in [-0.3, -0.25) is 0 Å². The molecule has 0 bridgehead atoms. The average molecular weight is 311 g/mol. The molecule has 5 nitrogen and oxygen atoms in total. The highest BCUT2D eigenvalue weighted by Crippen LogP contribution is 2.35. The van der Waals surface area contributed by atoms with Crippen molar-refractivity contribution in [1.82, 2.24) is 20.2 Å². The van der Waals surface area contributed by atoms with Crippen LogP contribution < -0.4 is 0 Å². The van der Waals surface area contributed by atoms with E-state index in [4.69, 9.17) is 11.6 Å². The number of halogens is 1. The summed E-state index contributed by atoms with van der Waals surface area (Å²) in [5.41, 5.74) is 0.834. The zero-order chi connectivity index (χ0) is 13.9. The Hall–Kier alpha value is -1.11. The molecule has 20 heavy (non-hydrogen) atoms. The van der Waals surface area contributed by atoms with Crippen molar-refractivity contribution in [1.29, 1.82) is 0 Å². The second kappa shape index (κ2) is 6.11. The second-order valence-electron chi connectivity index (χ2n) is 4.86. The smallest absolute Gasteiger partial charge is 0.214 e. The monoisotopic (exact) mass is 310 g/mol. The lowest BCUT2D eigenvalue weighted by Crippen LogP contribution is -2.08. The van der Waals surface area contributed by atoms with E-state index in [0.29, 0.717) is 11.1 Å². The molecule has 1 aromatic heterocycles. The van der Waals surface area contributed by atoms with Gasteiger partial charge in [0.05, 0.1) is 12.6 Å². The van der Waals surface area contributed by atoms with Crippen LogP contribution in [-0.4, -0.2) is 25.3 Å². The number of hydrogen-bond acceptors (Lipinski definition) is 5. The molecule has 2 aromatic rings. The number of nitrogens with zero attached hydrogens (tertiary/aromatic N) is 4. The summed E-state index contributed by atoms with van der Waals surface area (Å²) in [4.78, 5) is 0.897. The van der Waals surface area contributed by atoms with Gasteiger partial charge < -0.3 is 5.11 Å². The normalized spacial score (nSPS) is 15.9. The van der Waals surface area contributed by atoms with E-state index in [9.17, 15) is 5.11 Å². The molecule has 1 aliphatic rings. The van der Waals surface area contributed by atoms with Crippen molar-refractivity contribution in [2.75, 3.05) is 0 Å². The third-order valence-electron chi connectivity index (χ3n) is 3.53. The molecule has 7 heteroatoms. The minimum Gasteiger partial charge on any atom is -0.392 e. The van der Waals surface area contributed by atoms with Gasteiger partial charge in [-0.1, -0.05) is 30.5 Å². The van der Waals surface area contributed by atoms with Gasteiger partial charge in [0.1, 0.15) is 0 Å². The number of rotatable bonds is 4. The maximum Gasteiger partial charge on any atom is 0.214 e. The highest BCUT2D eigenvalue weighted by atomic mass is 35.5. The topological polar surface area (TPSA) is 63.8 Å². The molecule has 0 atom stereocenters. The first-order valence-corrected chi connectivity index (χ1v) is 7.82. The molecule has 0 radical (unpaired) electrons. The summed E-state index contributed by atoms with van der Waals surface area (Å²) in [5, 5.41) is 22.8. The molecule has 1 aromatic carbocycles. The molecule has 0 saturated heterocycles. The molecular formula is C13H15ClN4OS.